The standard InChI is InChI=1S/C33H31NO5S/c1-33(2,3)22-15-16-27(38-4)26(19-22)30(35)28-29(34(32(37)31(28)36)20-25-14-9-17-40-25)21-10-8-13-24(18-21)39-23-11-6-5-7-12-23/h5-19,29,35H,20H2,1-4H3/b30-28+. The minimum atomic E-state index is -0.829. The van der Waals surface area contributed by atoms with Crippen molar-refractivity contribution in [1.29, 1.82) is 0 Å². The van der Waals surface area contributed by atoms with Crippen molar-refractivity contribution in [1.82, 2.24) is 4.90 Å². The van der Waals surface area contributed by atoms with Gasteiger partial charge < -0.3 is 19.5 Å². The van der Waals surface area contributed by atoms with E-state index in [-0.39, 0.29) is 23.3 Å². The summed E-state index contributed by atoms with van der Waals surface area (Å²) in [6.45, 7) is 6.43. The van der Waals surface area contributed by atoms with Gasteiger partial charge >= 0.3 is 0 Å². The van der Waals surface area contributed by atoms with Gasteiger partial charge in [0.05, 0.1) is 30.8 Å². The third kappa shape index (κ3) is 5.38. The number of carbonyl (C=O) groups excluding carboxylic acids is 2. The van der Waals surface area contributed by atoms with Crippen LogP contribution in [0.4, 0.5) is 0 Å². The van der Waals surface area contributed by atoms with Crippen LogP contribution in [0.2, 0.25) is 0 Å². The zero-order valence-electron chi connectivity index (χ0n) is 22.9. The van der Waals surface area contributed by atoms with Crippen molar-refractivity contribution in [3.8, 4) is 17.2 Å². The zero-order chi connectivity index (χ0) is 28.4. The highest BCUT2D eigenvalue weighted by Gasteiger charge is 2.46. The van der Waals surface area contributed by atoms with Crippen LogP contribution in [-0.4, -0.2) is 28.8 Å². The lowest BCUT2D eigenvalue weighted by Crippen LogP contribution is -2.28. The van der Waals surface area contributed by atoms with Crippen LogP contribution in [0.25, 0.3) is 5.76 Å². The minimum Gasteiger partial charge on any atom is -0.507 e. The van der Waals surface area contributed by atoms with E-state index >= 15 is 0 Å². The lowest BCUT2D eigenvalue weighted by Gasteiger charge is -2.26. The SMILES string of the molecule is COc1ccc(C(C)(C)C)cc1/C(O)=C1\C(=O)C(=O)N(Cc2cccs2)C1c1cccc(Oc2ccccc2)c1. The number of hydrogen-bond donors (Lipinski definition) is 1. The molecule has 1 amide bonds. The molecule has 6 nitrogen and oxygen atoms in total. The molecule has 1 N–H and O–H groups in total. The van der Waals surface area contributed by atoms with Crippen LogP contribution in [-0.2, 0) is 21.5 Å². The molecule has 1 aliphatic heterocycles. The third-order valence-corrected chi connectivity index (χ3v) is 7.78. The molecule has 1 saturated heterocycles. The van der Waals surface area contributed by atoms with Crippen molar-refractivity contribution < 1.29 is 24.2 Å². The first-order valence-electron chi connectivity index (χ1n) is 13.0. The Bertz CT molecular complexity index is 1570. The van der Waals surface area contributed by atoms with E-state index in [2.05, 4.69) is 20.8 Å². The molecule has 0 radical (unpaired) electrons. The van der Waals surface area contributed by atoms with Gasteiger partial charge in [-0.05, 0) is 64.4 Å². The number of aliphatic hydroxyl groups excluding tert-OH is 1. The van der Waals surface area contributed by atoms with Gasteiger partial charge in [0.1, 0.15) is 23.0 Å². The Morgan fingerprint density at radius 2 is 1.68 bits per heavy atom. The Labute approximate surface area is 238 Å². The second-order valence-corrected chi connectivity index (χ2v) is 11.7. The van der Waals surface area contributed by atoms with Crippen LogP contribution >= 0.6 is 11.3 Å². The molecule has 1 aromatic heterocycles. The second kappa shape index (κ2) is 11.0. The quantitative estimate of drug-likeness (QED) is 0.146. The number of para-hydroxylation sites is 1. The maximum absolute atomic E-state index is 13.6. The lowest BCUT2D eigenvalue weighted by atomic mass is 9.85. The highest BCUT2D eigenvalue weighted by molar-refractivity contribution is 7.09. The summed E-state index contributed by atoms with van der Waals surface area (Å²) in [5, 5.41) is 13.7. The average Bonchev–Trinajstić information content (AvgIpc) is 3.55. The first-order chi connectivity index (χ1) is 19.2. The normalized spacial score (nSPS) is 16.8. The van der Waals surface area contributed by atoms with Crippen LogP contribution in [0.1, 0.15) is 48.4 Å². The number of methoxy groups -OCH3 is 1. The van der Waals surface area contributed by atoms with Gasteiger partial charge in [0.15, 0.2) is 0 Å². The Morgan fingerprint density at radius 3 is 2.35 bits per heavy atom. The Hall–Kier alpha value is -4.36. The van der Waals surface area contributed by atoms with E-state index in [9.17, 15) is 14.7 Å². The highest BCUT2D eigenvalue weighted by Crippen LogP contribution is 2.43. The van der Waals surface area contributed by atoms with E-state index in [0.717, 1.165) is 10.4 Å². The maximum atomic E-state index is 13.6. The topological polar surface area (TPSA) is 76.1 Å². The molecule has 204 valence electrons. The number of thiophene rings is 1. The molecule has 4 aromatic rings. The molecular formula is C33H31NO5S. The van der Waals surface area contributed by atoms with E-state index in [1.807, 2.05) is 78.2 Å². The molecule has 1 atom stereocenters. The summed E-state index contributed by atoms with van der Waals surface area (Å²) in [7, 11) is 1.51. The molecule has 3 aromatic carbocycles. The largest absolute Gasteiger partial charge is 0.507 e. The zero-order valence-corrected chi connectivity index (χ0v) is 23.7. The molecule has 0 saturated carbocycles. The molecular weight excluding hydrogens is 522 g/mol. The number of likely N-dealkylation sites (tertiary alicyclic amines) is 1. The van der Waals surface area contributed by atoms with Gasteiger partial charge in [-0.25, -0.2) is 0 Å². The number of amides is 1. The van der Waals surface area contributed by atoms with Crippen molar-refractivity contribution in [3.05, 3.63) is 117 Å². The van der Waals surface area contributed by atoms with Gasteiger partial charge in [-0.2, -0.15) is 0 Å². The predicted octanol–water partition coefficient (Wildman–Crippen LogP) is 7.47. The lowest BCUT2D eigenvalue weighted by molar-refractivity contribution is -0.140. The van der Waals surface area contributed by atoms with Crippen LogP contribution in [0, 0.1) is 0 Å². The molecule has 40 heavy (non-hydrogen) atoms. The van der Waals surface area contributed by atoms with Gasteiger partial charge in [-0.3, -0.25) is 9.59 Å². The Morgan fingerprint density at radius 1 is 0.925 bits per heavy atom. The maximum Gasteiger partial charge on any atom is 0.295 e. The summed E-state index contributed by atoms with van der Waals surface area (Å²) in [6.07, 6.45) is 0. The van der Waals surface area contributed by atoms with Gasteiger partial charge in [0.25, 0.3) is 11.7 Å². The van der Waals surface area contributed by atoms with Crippen LogP contribution < -0.4 is 9.47 Å². The fraction of sp³-hybridized carbons (Fsp3) is 0.212. The molecule has 0 aliphatic carbocycles. The molecule has 0 bridgehead atoms. The summed E-state index contributed by atoms with van der Waals surface area (Å²) in [5.74, 6) is -0.0464. The number of ether oxygens (including phenoxy) is 2. The van der Waals surface area contributed by atoms with Gasteiger partial charge in [-0.1, -0.05) is 63.2 Å². The first-order valence-corrected chi connectivity index (χ1v) is 13.9. The van der Waals surface area contributed by atoms with Gasteiger partial charge in [0, 0.05) is 4.88 Å². The fourth-order valence-electron chi connectivity index (χ4n) is 4.84. The third-order valence-electron chi connectivity index (χ3n) is 6.92. The smallest absolute Gasteiger partial charge is 0.295 e. The summed E-state index contributed by atoms with van der Waals surface area (Å²) < 4.78 is 11.6. The van der Waals surface area contributed by atoms with E-state index in [4.69, 9.17) is 9.47 Å². The number of hydrogen-bond acceptors (Lipinski definition) is 6. The van der Waals surface area contributed by atoms with Crippen LogP contribution in [0.5, 0.6) is 17.2 Å². The monoisotopic (exact) mass is 553 g/mol. The van der Waals surface area contributed by atoms with Crippen molar-refractivity contribution in [2.45, 2.75) is 38.8 Å². The number of ketones is 1. The van der Waals surface area contributed by atoms with Gasteiger partial charge in [0.2, 0.25) is 0 Å². The summed E-state index contributed by atoms with van der Waals surface area (Å²) in [6, 6.07) is 25.2. The summed E-state index contributed by atoms with van der Waals surface area (Å²) >= 11 is 1.50. The number of rotatable bonds is 7. The fourth-order valence-corrected chi connectivity index (χ4v) is 5.54. The molecule has 5 rings (SSSR count). The average molecular weight is 554 g/mol. The number of Topliss-reactive ketones (excluding diaryl/α,β-unsaturated/α-hetero) is 1. The number of benzene rings is 3. The van der Waals surface area contributed by atoms with Crippen molar-refractivity contribution in [2.24, 2.45) is 0 Å². The van der Waals surface area contributed by atoms with Crippen molar-refractivity contribution >= 4 is 28.8 Å². The van der Waals surface area contributed by atoms with Gasteiger partial charge in [-0.15, -0.1) is 11.3 Å². The summed E-state index contributed by atoms with van der Waals surface area (Å²) in [4.78, 5) is 29.6. The summed E-state index contributed by atoms with van der Waals surface area (Å²) in [5.41, 5.74) is 1.78. The van der Waals surface area contributed by atoms with E-state index in [0.29, 0.717) is 28.4 Å². The van der Waals surface area contributed by atoms with E-state index in [1.165, 1.54) is 23.3 Å². The highest BCUT2D eigenvalue weighted by atomic mass is 32.1. The second-order valence-electron chi connectivity index (χ2n) is 10.7. The predicted molar refractivity (Wildman–Crippen MR) is 157 cm³/mol. The van der Waals surface area contributed by atoms with E-state index < -0.39 is 17.7 Å². The molecule has 2 heterocycles. The number of nitrogens with zero attached hydrogens (tertiary/aromatic N) is 1. The van der Waals surface area contributed by atoms with Crippen LogP contribution in [0.3, 0.4) is 0 Å². The molecule has 7 heteroatoms. The van der Waals surface area contributed by atoms with Crippen molar-refractivity contribution in [3.63, 3.8) is 0 Å². The van der Waals surface area contributed by atoms with Crippen molar-refractivity contribution in [2.75, 3.05) is 7.11 Å². The molecule has 1 fully saturated rings. The Kier molecular flexibility index (Phi) is 7.50. The Balaban J connectivity index is 1.67. The molecule has 0 spiro atoms. The van der Waals surface area contributed by atoms with E-state index in [1.54, 1.807) is 12.1 Å². The molecule has 1 aliphatic rings. The number of aliphatic hydroxyl groups is 1. The number of carbonyl (C=O) groups is 2. The minimum absolute atomic E-state index is 0.0165. The van der Waals surface area contributed by atoms with Crippen LogP contribution in [0.15, 0.2) is 95.9 Å². The molecule has 1 unspecified atom stereocenters. The first kappa shape index (κ1) is 27.2.